The molecule has 18 nitrogen and oxygen atoms in total. The van der Waals surface area contributed by atoms with Gasteiger partial charge in [-0.25, -0.2) is 0 Å². The number of guanidine groups is 2. The molecule has 0 unspecified atom stereocenters. The van der Waals surface area contributed by atoms with Gasteiger partial charge < -0.3 is 58.4 Å². The largest absolute Gasteiger partial charge is 0.370 e. The number of carbonyl (C=O) groups excluding carboxylic acids is 6. The van der Waals surface area contributed by atoms with Crippen molar-refractivity contribution in [2.75, 3.05) is 39.3 Å². The van der Waals surface area contributed by atoms with Crippen molar-refractivity contribution in [3.05, 3.63) is 0 Å². The monoisotopic (exact) mass is 702 g/mol. The topological polar surface area (TPSA) is 282 Å². The summed E-state index contributed by atoms with van der Waals surface area (Å²) < 4.78 is 0. The van der Waals surface area contributed by atoms with Crippen LogP contribution < -0.4 is 34.0 Å². The van der Waals surface area contributed by atoms with Crippen LogP contribution in [0.15, 0.2) is 9.98 Å². The van der Waals surface area contributed by atoms with Crippen LogP contribution >= 0.6 is 0 Å². The second kappa shape index (κ2) is 18.0. The van der Waals surface area contributed by atoms with Crippen molar-refractivity contribution in [2.45, 2.75) is 113 Å². The molecule has 6 atom stereocenters. The van der Waals surface area contributed by atoms with Gasteiger partial charge in [0, 0.05) is 39.3 Å². The summed E-state index contributed by atoms with van der Waals surface area (Å²) in [5.74, 6) is -1.94. The summed E-state index contributed by atoms with van der Waals surface area (Å²) in [4.78, 5) is 94.3. The van der Waals surface area contributed by atoms with E-state index < -0.39 is 48.1 Å². The molecule has 0 aliphatic carbocycles. The van der Waals surface area contributed by atoms with E-state index in [0.717, 1.165) is 12.7 Å². The molecule has 4 rings (SSSR count). The zero-order valence-corrected chi connectivity index (χ0v) is 28.8. The quantitative estimate of drug-likeness (QED) is 0.0435. The molecular formula is C32H54N12O6. The molecule has 0 aromatic rings. The van der Waals surface area contributed by atoms with Gasteiger partial charge in [0.1, 0.15) is 30.5 Å². The van der Waals surface area contributed by atoms with E-state index in [1.807, 2.05) is 0 Å². The number of likely N-dealkylation sites (tertiary alicyclic amines) is 4. The molecule has 4 saturated heterocycles. The smallest absolute Gasteiger partial charge is 0.246 e. The summed E-state index contributed by atoms with van der Waals surface area (Å²) in [5, 5.41) is 2.88. The molecule has 18 heteroatoms. The van der Waals surface area contributed by atoms with Gasteiger partial charge in [0.2, 0.25) is 29.5 Å². The molecule has 0 aromatic carbocycles. The lowest BCUT2D eigenvalue weighted by Crippen LogP contribution is -2.58. The van der Waals surface area contributed by atoms with Gasteiger partial charge in [-0.1, -0.05) is 0 Å². The minimum Gasteiger partial charge on any atom is -0.370 e. The molecule has 4 heterocycles. The molecule has 4 aliphatic rings. The Morgan fingerprint density at radius 2 is 1.14 bits per heavy atom. The normalized spacial score (nSPS) is 24.5. The maximum Gasteiger partial charge on any atom is 0.246 e. The van der Waals surface area contributed by atoms with E-state index in [0.29, 0.717) is 96.9 Å². The zero-order chi connectivity index (χ0) is 36.4. The molecule has 0 spiro atoms. The van der Waals surface area contributed by atoms with Gasteiger partial charge in [0.05, 0.1) is 12.1 Å². The lowest BCUT2D eigenvalue weighted by molar-refractivity contribution is -0.150. The zero-order valence-electron chi connectivity index (χ0n) is 28.8. The van der Waals surface area contributed by atoms with Gasteiger partial charge in [-0.3, -0.25) is 34.0 Å². The first kappa shape index (κ1) is 38.3. The van der Waals surface area contributed by atoms with Crippen molar-refractivity contribution in [1.29, 1.82) is 0 Å². The highest BCUT2D eigenvalue weighted by Crippen LogP contribution is 2.29. The first-order valence-electron chi connectivity index (χ1n) is 17.8. The van der Waals surface area contributed by atoms with E-state index in [1.54, 1.807) is 9.80 Å². The van der Waals surface area contributed by atoms with Gasteiger partial charge in [-0.15, -0.1) is 0 Å². The van der Waals surface area contributed by atoms with Gasteiger partial charge in [0.25, 0.3) is 0 Å². The number of carbonyl (C=O) groups is 6. The minimum absolute atomic E-state index is 0.0465. The minimum atomic E-state index is -1.01. The van der Waals surface area contributed by atoms with Crippen molar-refractivity contribution in [2.24, 2.45) is 38.7 Å². The van der Waals surface area contributed by atoms with Gasteiger partial charge in [-0.05, 0) is 77.0 Å². The van der Waals surface area contributed by atoms with E-state index in [2.05, 4.69) is 15.3 Å². The number of rotatable bonds is 15. The Morgan fingerprint density at radius 1 is 0.660 bits per heavy atom. The summed E-state index contributed by atoms with van der Waals surface area (Å²) in [6.07, 6.45) is 6.64. The van der Waals surface area contributed by atoms with E-state index in [9.17, 15) is 28.8 Å². The molecule has 50 heavy (non-hydrogen) atoms. The molecule has 4 aliphatic heterocycles. The summed E-state index contributed by atoms with van der Waals surface area (Å²) in [6, 6.07) is -4.63. The Kier molecular flexibility index (Phi) is 13.8. The molecule has 0 radical (unpaired) electrons. The average Bonchev–Trinajstić information content (AvgIpc) is 3.92. The molecule has 11 N–H and O–H groups in total. The van der Waals surface area contributed by atoms with Crippen molar-refractivity contribution in [1.82, 2.24) is 24.9 Å². The van der Waals surface area contributed by atoms with Gasteiger partial charge in [0.15, 0.2) is 11.9 Å². The van der Waals surface area contributed by atoms with Gasteiger partial charge in [-0.2, -0.15) is 0 Å². The van der Waals surface area contributed by atoms with E-state index in [1.165, 1.54) is 9.80 Å². The summed E-state index contributed by atoms with van der Waals surface area (Å²) in [5.41, 5.74) is 27.9. The SMILES string of the molecule is NC(N)=NCCC[C@H](NC(=O)[C@@H]1CCCN1C(=O)[C@@H](N)CCCN=C(N)N)C(=O)N1CCC[C@H]1C(=O)N1CCC[C@H]1C(=O)N1CCC[C@H]1C=O. The fraction of sp³-hybridized carbons (Fsp3) is 0.750. The number of nitrogens with zero attached hydrogens (tertiary/aromatic N) is 6. The number of aliphatic imine (C=N–C) groups is 2. The fourth-order valence-corrected chi connectivity index (χ4v) is 7.55. The standard InChI is InChI=1S/C32H54N12O6/c33-21(8-1-13-38-31(34)35)27(47)42-16-4-10-23(42)26(46)40-22(9-2-14-39-32(36)37)28(48)43-17-5-12-25(43)30(50)44-18-6-11-24(44)29(49)41-15-3-7-20(41)19-45/h19-25H,1-18,33H2,(H,40,46)(H4,34,35,38)(H4,36,37,39)/t20-,21-,22-,23-,24-,25-/m0/s1. The van der Waals surface area contributed by atoms with Crippen LogP contribution in [0.4, 0.5) is 0 Å². The van der Waals surface area contributed by atoms with Crippen molar-refractivity contribution in [3.8, 4) is 0 Å². The highest BCUT2D eigenvalue weighted by Gasteiger charge is 2.46. The molecule has 5 amide bonds. The van der Waals surface area contributed by atoms with Crippen LogP contribution in [0.1, 0.15) is 77.0 Å². The van der Waals surface area contributed by atoms with Gasteiger partial charge >= 0.3 is 0 Å². The number of aldehydes is 1. The number of nitrogens with two attached hydrogens (primary N) is 5. The number of hydrogen-bond acceptors (Lipinski definition) is 9. The van der Waals surface area contributed by atoms with Crippen LogP contribution in [0, 0.1) is 0 Å². The molecule has 0 aromatic heterocycles. The summed E-state index contributed by atoms with van der Waals surface area (Å²) in [6.45, 7) is 2.07. The summed E-state index contributed by atoms with van der Waals surface area (Å²) >= 11 is 0. The van der Waals surface area contributed by atoms with Crippen LogP contribution in [0.25, 0.3) is 0 Å². The van der Waals surface area contributed by atoms with Crippen molar-refractivity contribution < 1.29 is 28.8 Å². The molecule has 0 saturated carbocycles. The highest BCUT2D eigenvalue weighted by molar-refractivity contribution is 5.97. The Balaban J connectivity index is 1.45. The fourth-order valence-electron chi connectivity index (χ4n) is 7.55. The van der Waals surface area contributed by atoms with E-state index in [4.69, 9.17) is 28.7 Å². The highest BCUT2D eigenvalue weighted by atomic mass is 16.2. The third-order valence-electron chi connectivity index (χ3n) is 10.1. The Bertz CT molecular complexity index is 1320. The Labute approximate surface area is 292 Å². The van der Waals surface area contributed by atoms with Crippen LogP contribution in [0.2, 0.25) is 0 Å². The predicted octanol–water partition coefficient (Wildman–Crippen LogP) is -2.93. The second-order valence-electron chi connectivity index (χ2n) is 13.5. The van der Waals surface area contributed by atoms with Crippen LogP contribution in [0.5, 0.6) is 0 Å². The molecular weight excluding hydrogens is 648 g/mol. The Morgan fingerprint density at radius 3 is 1.74 bits per heavy atom. The van der Waals surface area contributed by atoms with Crippen LogP contribution in [-0.2, 0) is 28.8 Å². The van der Waals surface area contributed by atoms with Crippen LogP contribution in [-0.4, -0.2) is 143 Å². The average molecular weight is 703 g/mol. The predicted molar refractivity (Wildman–Crippen MR) is 185 cm³/mol. The summed E-state index contributed by atoms with van der Waals surface area (Å²) in [7, 11) is 0. The number of hydrogen-bond donors (Lipinski definition) is 6. The third kappa shape index (κ3) is 9.39. The first-order chi connectivity index (χ1) is 23.9. The van der Waals surface area contributed by atoms with E-state index in [-0.39, 0.29) is 42.6 Å². The Hall–Kier alpha value is -4.48. The first-order valence-corrected chi connectivity index (χ1v) is 17.8. The third-order valence-corrected chi connectivity index (χ3v) is 10.1. The molecule has 4 fully saturated rings. The molecule has 278 valence electrons. The molecule has 0 bridgehead atoms. The van der Waals surface area contributed by atoms with Crippen molar-refractivity contribution >= 4 is 47.7 Å². The van der Waals surface area contributed by atoms with Crippen molar-refractivity contribution in [3.63, 3.8) is 0 Å². The maximum atomic E-state index is 14.2. The van der Waals surface area contributed by atoms with Crippen LogP contribution in [0.3, 0.4) is 0 Å². The number of amides is 5. The lowest BCUT2D eigenvalue weighted by atomic mass is 10.1. The van der Waals surface area contributed by atoms with E-state index >= 15 is 0 Å². The lowest BCUT2D eigenvalue weighted by Gasteiger charge is -2.35. The second-order valence-corrected chi connectivity index (χ2v) is 13.5. The number of nitrogens with one attached hydrogen (secondary N) is 1. The maximum absolute atomic E-state index is 14.2.